The van der Waals surface area contributed by atoms with Crippen LogP contribution in [0, 0.1) is 6.92 Å². The zero-order chi connectivity index (χ0) is 20.2. The highest BCUT2D eigenvalue weighted by atomic mass is 16.2. The molecule has 1 aromatic carbocycles. The van der Waals surface area contributed by atoms with Crippen LogP contribution in [-0.2, 0) is 15.1 Å². The highest BCUT2D eigenvalue weighted by molar-refractivity contribution is 6.09. The van der Waals surface area contributed by atoms with E-state index in [1.54, 1.807) is 11.8 Å². The predicted octanol–water partition coefficient (Wildman–Crippen LogP) is 3.19. The molecule has 2 rings (SSSR count). The topological polar surface area (TPSA) is 69.7 Å². The van der Waals surface area contributed by atoms with E-state index in [0.29, 0.717) is 12.1 Å². The lowest BCUT2D eigenvalue weighted by molar-refractivity contribution is -0.140. The monoisotopic (exact) mass is 373 g/mol. The van der Waals surface area contributed by atoms with Gasteiger partial charge in [-0.15, -0.1) is 0 Å². The summed E-state index contributed by atoms with van der Waals surface area (Å²) >= 11 is 0. The molecule has 1 heterocycles. The van der Waals surface area contributed by atoms with Gasteiger partial charge in [0.05, 0.1) is 0 Å². The van der Waals surface area contributed by atoms with Crippen LogP contribution in [0.4, 0.5) is 4.79 Å². The number of carbonyl (C=O) groups excluding carboxylic acids is 3. The lowest BCUT2D eigenvalue weighted by atomic mass is 9.91. The van der Waals surface area contributed by atoms with Gasteiger partial charge in [0.1, 0.15) is 12.1 Å². The zero-order valence-electron chi connectivity index (χ0n) is 17.0. The van der Waals surface area contributed by atoms with Gasteiger partial charge in [-0.3, -0.25) is 14.5 Å². The first kappa shape index (κ1) is 20.9. The largest absolute Gasteiger partial charge is 0.338 e. The minimum Gasteiger partial charge on any atom is -0.338 e. The van der Waals surface area contributed by atoms with Crippen LogP contribution in [0.3, 0.4) is 0 Å². The molecule has 6 heteroatoms. The van der Waals surface area contributed by atoms with Crippen LogP contribution in [0.25, 0.3) is 0 Å². The van der Waals surface area contributed by atoms with Crippen LogP contribution in [0.1, 0.15) is 58.1 Å². The fraction of sp³-hybridized carbons (Fsp3) is 0.571. The first-order chi connectivity index (χ1) is 12.7. The van der Waals surface area contributed by atoms with Crippen LogP contribution < -0.4 is 5.32 Å². The van der Waals surface area contributed by atoms with Crippen LogP contribution in [0.5, 0.6) is 0 Å². The molecule has 1 saturated heterocycles. The Bertz CT molecular complexity index is 701. The lowest BCUT2D eigenvalue weighted by Crippen LogP contribution is -2.47. The van der Waals surface area contributed by atoms with E-state index < -0.39 is 11.6 Å². The third kappa shape index (κ3) is 4.31. The van der Waals surface area contributed by atoms with Gasteiger partial charge in [0, 0.05) is 12.6 Å². The third-order valence-electron chi connectivity index (χ3n) is 5.39. The first-order valence-corrected chi connectivity index (χ1v) is 9.75. The van der Waals surface area contributed by atoms with Crippen LogP contribution in [0.2, 0.25) is 0 Å². The van der Waals surface area contributed by atoms with Crippen molar-refractivity contribution in [3.8, 4) is 0 Å². The molecule has 0 unspecified atom stereocenters. The molecule has 0 spiro atoms. The van der Waals surface area contributed by atoms with E-state index in [0.717, 1.165) is 29.7 Å². The molecule has 0 bridgehead atoms. The van der Waals surface area contributed by atoms with Crippen molar-refractivity contribution >= 4 is 17.8 Å². The van der Waals surface area contributed by atoms with Gasteiger partial charge in [-0.1, -0.05) is 50.1 Å². The molecule has 0 saturated carbocycles. The molecule has 1 fully saturated rings. The zero-order valence-corrected chi connectivity index (χ0v) is 17.0. The normalized spacial score (nSPS) is 20.6. The number of nitrogens with zero attached hydrogens (tertiary/aromatic N) is 2. The van der Waals surface area contributed by atoms with Crippen LogP contribution in [0.15, 0.2) is 24.3 Å². The maximum Gasteiger partial charge on any atom is 0.325 e. The number of imide groups is 1. The summed E-state index contributed by atoms with van der Waals surface area (Å²) in [5.41, 5.74) is 0.646. The lowest BCUT2D eigenvalue weighted by Gasteiger charge is -2.30. The molecule has 27 heavy (non-hydrogen) atoms. The Hall–Kier alpha value is -2.37. The molecule has 0 aliphatic carbocycles. The number of hydrogen-bond acceptors (Lipinski definition) is 3. The molecule has 6 nitrogen and oxygen atoms in total. The van der Waals surface area contributed by atoms with Gasteiger partial charge in [0.2, 0.25) is 5.91 Å². The molecule has 0 aromatic heterocycles. The van der Waals surface area contributed by atoms with E-state index in [9.17, 15) is 14.4 Å². The van der Waals surface area contributed by atoms with E-state index in [1.165, 1.54) is 0 Å². The summed E-state index contributed by atoms with van der Waals surface area (Å²) in [6.07, 6.45) is 2.71. The SMILES string of the molecule is CCCCN(C(=O)CN1C(=O)N[C@@](C)(c2ccc(C)cc2)C1=O)[C@H](C)CC. The van der Waals surface area contributed by atoms with Crippen molar-refractivity contribution in [2.45, 2.75) is 65.5 Å². The summed E-state index contributed by atoms with van der Waals surface area (Å²) in [6.45, 7) is 10.2. The molecule has 1 aliphatic rings. The van der Waals surface area contributed by atoms with Crippen molar-refractivity contribution in [3.05, 3.63) is 35.4 Å². The van der Waals surface area contributed by atoms with Crippen molar-refractivity contribution in [1.29, 1.82) is 0 Å². The molecular weight excluding hydrogens is 342 g/mol. The van der Waals surface area contributed by atoms with Gasteiger partial charge < -0.3 is 10.2 Å². The maximum atomic E-state index is 13.0. The van der Waals surface area contributed by atoms with Crippen LogP contribution >= 0.6 is 0 Å². The fourth-order valence-electron chi connectivity index (χ4n) is 3.29. The number of nitrogens with one attached hydrogen (secondary N) is 1. The molecule has 1 aromatic rings. The van der Waals surface area contributed by atoms with Crippen molar-refractivity contribution in [2.24, 2.45) is 0 Å². The van der Waals surface area contributed by atoms with Crippen LogP contribution in [-0.4, -0.2) is 46.8 Å². The molecule has 1 N–H and O–H groups in total. The van der Waals surface area contributed by atoms with Crippen molar-refractivity contribution in [3.63, 3.8) is 0 Å². The van der Waals surface area contributed by atoms with Gasteiger partial charge in [0.25, 0.3) is 5.91 Å². The number of urea groups is 1. The summed E-state index contributed by atoms with van der Waals surface area (Å²) in [7, 11) is 0. The first-order valence-electron chi connectivity index (χ1n) is 9.75. The Morgan fingerprint density at radius 1 is 1.22 bits per heavy atom. The number of aryl methyl sites for hydroxylation is 1. The fourth-order valence-corrected chi connectivity index (χ4v) is 3.29. The van der Waals surface area contributed by atoms with Gasteiger partial charge in [-0.05, 0) is 39.2 Å². The van der Waals surface area contributed by atoms with E-state index in [4.69, 9.17) is 0 Å². The van der Waals surface area contributed by atoms with Gasteiger partial charge in [-0.2, -0.15) is 0 Å². The van der Waals surface area contributed by atoms with E-state index in [-0.39, 0.29) is 24.4 Å². The average molecular weight is 373 g/mol. The van der Waals surface area contributed by atoms with Gasteiger partial charge in [0.15, 0.2) is 0 Å². The van der Waals surface area contributed by atoms with Gasteiger partial charge >= 0.3 is 6.03 Å². The molecular formula is C21H31N3O3. The average Bonchev–Trinajstić information content (AvgIpc) is 2.86. The molecule has 4 amide bonds. The summed E-state index contributed by atoms with van der Waals surface area (Å²) < 4.78 is 0. The minimum atomic E-state index is -1.14. The highest BCUT2D eigenvalue weighted by Gasteiger charge is 2.49. The number of carbonyl (C=O) groups is 3. The molecule has 1 aliphatic heterocycles. The maximum absolute atomic E-state index is 13.0. The summed E-state index contributed by atoms with van der Waals surface area (Å²) in [5.74, 6) is -0.571. The second-order valence-electron chi connectivity index (χ2n) is 7.51. The van der Waals surface area contributed by atoms with Gasteiger partial charge in [-0.25, -0.2) is 4.79 Å². The summed E-state index contributed by atoms with van der Waals surface area (Å²) in [4.78, 5) is 41.2. The predicted molar refractivity (Wildman–Crippen MR) is 105 cm³/mol. The standard InChI is InChI=1S/C21H31N3O3/c1-6-8-13-23(16(4)7-2)18(25)14-24-19(26)21(5,22-20(24)27)17-11-9-15(3)10-12-17/h9-12,16H,6-8,13-14H2,1-5H3,(H,22,27)/t16-,21+/m1/s1. The minimum absolute atomic E-state index is 0.0771. The number of amides is 4. The summed E-state index contributed by atoms with van der Waals surface area (Å²) in [5, 5.41) is 2.76. The highest BCUT2D eigenvalue weighted by Crippen LogP contribution is 2.29. The Kier molecular flexibility index (Phi) is 6.63. The van der Waals surface area contributed by atoms with Crippen molar-refractivity contribution in [1.82, 2.24) is 15.1 Å². The summed E-state index contributed by atoms with van der Waals surface area (Å²) in [6, 6.07) is 7.05. The number of hydrogen-bond donors (Lipinski definition) is 1. The van der Waals surface area contributed by atoms with Crippen molar-refractivity contribution in [2.75, 3.05) is 13.1 Å². The van der Waals surface area contributed by atoms with Crippen molar-refractivity contribution < 1.29 is 14.4 Å². The molecule has 148 valence electrons. The third-order valence-corrected chi connectivity index (χ3v) is 5.39. The number of rotatable bonds is 8. The number of unbranched alkanes of at least 4 members (excludes halogenated alkanes) is 1. The smallest absolute Gasteiger partial charge is 0.325 e. The Balaban J connectivity index is 2.18. The Morgan fingerprint density at radius 3 is 2.41 bits per heavy atom. The Labute approximate surface area is 161 Å². The Morgan fingerprint density at radius 2 is 1.85 bits per heavy atom. The van der Waals surface area contributed by atoms with E-state index >= 15 is 0 Å². The molecule has 0 radical (unpaired) electrons. The van der Waals surface area contributed by atoms with E-state index in [1.807, 2.05) is 45.0 Å². The van der Waals surface area contributed by atoms with E-state index in [2.05, 4.69) is 12.2 Å². The second-order valence-corrected chi connectivity index (χ2v) is 7.51. The second kappa shape index (κ2) is 8.55. The molecule has 2 atom stereocenters. The quantitative estimate of drug-likeness (QED) is 0.712. The number of benzene rings is 1.